The van der Waals surface area contributed by atoms with Gasteiger partial charge in [-0.15, -0.1) is 0 Å². The molecule has 2 heterocycles. The highest BCUT2D eigenvalue weighted by molar-refractivity contribution is 7.91. The van der Waals surface area contributed by atoms with Gasteiger partial charge in [0.2, 0.25) is 0 Å². The Morgan fingerprint density at radius 1 is 1.33 bits per heavy atom. The van der Waals surface area contributed by atoms with Crippen LogP contribution in [0.5, 0.6) is 0 Å². The first-order chi connectivity index (χ1) is 11.4. The summed E-state index contributed by atoms with van der Waals surface area (Å²) in [5.74, 6) is 1.48. The zero-order valence-corrected chi connectivity index (χ0v) is 15.4. The lowest BCUT2D eigenvalue weighted by atomic mass is 10.1. The number of carbonyl (C=O) groups is 1. The van der Waals surface area contributed by atoms with Crippen LogP contribution in [0.2, 0.25) is 0 Å². The highest BCUT2D eigenvalue weighted by atomic mass is 32.2. The molecule has 0 radical (unpaired) electrons. The molecule has 3 N–H and O–H groups in total. The van der Waals surface area contributed by atoms with E-state index in [0.717, 1.165) is 31.9 Å². The number of hydrogen-bond acceptors (Lipinski definition) is 4. The molecule has 2 aliphatic rings. The van der Waals surface area contributed by atoms with Crippen molar-refractivity contribution in [1.29, 1.82) is 0 Å². The first-order valence-corrected chi connectivity index (χ1v) is 10.5. The normalized spacial score (nSPS) is 26.4. The maximum atomic E-state index is 11.6. The number of hydrogen-bond donors (Lipinski definition) is 3. The van der Waals surface area contributed by atoms with Crippen LogP contribution in [0.25, 0.3) is 0 Å². The smallest absolute Gasteiger partial charge is 0.314 e. The third-order valence-electron chi connectivity index (χ3n) is 4.41. The molecular weight excluding hydrogens is 330 g/mol. The largest absolute Gasteiger partial charge is 0.356 e. The summed E-state index contributed by atoms with van der Waals surface area (Å²) in [6.45, 7) is 4.99. The van der Waals surface area contributed by atoms with Gasteiger partial charge in [0, 0.05) is 39.3 Å². The Morgan fingerprint density at radius 2 is 2.12 bits per heavy atom. The molecule has 9 heteroatoms. The fourth-order valence-electron chi connectivity index (χ4n) is 3.06. The van der Waals surface area contributed by atoms with Crippen LogP contribution in [0, 0.1) is 5.92 Å². The Labute approximate surface area is 144 Å². The minimum Gasteiger partial charge on any atom is -0.356 e. The van der Waals surface area contributed by atoms with Crippen LogP contribution in [-0.4, -0.2) is 76.1 Å². The topological polar surface area (TPSA) is 103 Å². The highest BCUT2D eigenvalue weighted by Crippen LogP contribution is 2.19. The van der Waals surface area contributed by atoms with Gasteiger partial charge in [0.1, 0.15) is 0 Å². The van der Waals surface area contributed by atoms with Crippen LogP contribution in [0.4, 0.5) is 4.79 Å². The Bertz CT molecular complexity index is 563. The number of guanidine groups is 1. The van der Waals surface area contributed by atoms with E-state index in [1.165, 1.54) is 0 Å². The molecule has 2 aliphatic heterocycles. The van der Waals surface area contributed by atoms with Crippen LogP contribution in [-0.2, 0) is 9.84 Å². The predicted molar refractivity (Wildman–Crippen MR) is 94.9 cm³/mol. The highest BCUT2D eigenvalue weighted by Gasteiger charge is 2.29. The van der Waals surface area contributed by atoms with E-state index in [4.69, 9.17) is 0 Å². The van der Waals surface area contributed by atoms with E-state index in [1.54, 1.807) is 7.05 Å². The first kappa shape index (κ1) is 18.8. The molecule has 2 saturated heterocycles. The standard InChI is InChI=1S/C15H29N5O3S/c1-3-6-17-14(18-9-12-5-8-24(22,23)11-12)20-7-4-13(10-20)19-15(21)16-2/h12-13H,3-11H2,1-2H3,(H,17,18)(H2,16,19,21). The molecule has 0 bridgehead atoms. The number of aliphatic imine (C=N–C) groups is 1. The van der Waals surface area contributed by atoms with Gasteiger partial charge in [-0.2, -0.15) is 0 Å². The third-order valence-corrected chi connectivity index (χ3v) is 6.25. The predicted octanol–water partition coefficient (Wildman–Crippen LogP) is -0.220. The van der Waals surface area contributed by atoms with Gasteiger partial charge in [0.25, 0.3) is 0 Å². The van der Waals surface area contributed by atoms with Crippen molar-refractivity contribution in [3.05, 3.63) is 0 Å². The van der Waals surface area contributed by atoms with Crippen molar-refractivity contribution >= 4 is 21.8 Å². The lowest BCUT2D eigenvalue weighted by molar-refractivity contribution is 0.239. The third kappa shape index (κ3) is 5.54. The van der Waals surface area contributed by atoms with Crippen molar-refractivity contribution in [1.82, 2.24) is 20.9 Å². The van der Waals surface area contributed by atoms with Crippen LogP contribution in [0.15, 0.2) is 4.99 Å². The molecule has 0 saturated carbocycles. The van der Waals surface area contributed by atoms with Crippen LogP contribution >= 0.6 is 0 Å². The van der Waals surface area contributed by atoms with E-state index in [-0.39, 0.29) is 29.5 Å². The van der Waals surface area contributed by atoms with E-state index >= 15 is 0 Å². The van der Waals surface area contributed by atoms with E-state index < -0.39 is 9.84 Å². The number of urea groups is 1. The van der Waals surface area contributed by atoms with E-state index in [0.29, 0.717) is 19.5 Å². The lowest BCUT2D eigenvalue weighted by Crippen LogP contribution is -2.45. The van der Waals surface area contributed by atoms with Crippen LogP contribution in [0.1, 0.15) is 26.2 Å². The molecule has 2 unspecified atom stereocenters. The monoisotopic (exact) mass is 359 g/mol. The van der Waals surface area contributed by atoms with Gasteiger partial charge in [-0.25, -0.2) is 13.2 Å². The summed E-state index contributed by atoms with van der Waals surface area (Å²) in [5, 5.41) is 8.83. The summed E-state index contributed by atoms with van der Waals surface area (Å²) >= 11 is 0. The molecular formula is C15H29N5O3S. The van der Waals surface area contributed by atoms with Gasteiger partial charge in [0.15, 0.2) is 15.8 Å². The fourth-order valence-corrected chi connectivity index (χ4v) is 4.91. The quantitative estimate of drug-likeness (QED) is 0.465. The van der Waals surface area contributed by atoms with Crippen molar-refractivity contribution in [3.63, 3.8) is 0 Å². The first-order valence-electron chi connectivity index (χ1n) is 8.65. The van der Waals surface area contributed by atoms with Gasteiger partial charge in [-0.3, -0.25) is 4.99 Å². The van der Waals surface area contributed by atoms with Crippen molar-refractivity contribution in [2.45, 2.75) is 32.2 Å². The number of likely N-dealkylation sites (tertiary alicyclic amines) is 1. The summed E-state index contributed by atoms with van der Waals surface area (Å²) < 4.78 is 23.1. The van der Waals surface area contributed by atoms with E-state index in [9.17, 15) is 13.2 Å². The van der Waals surface area contributed by atoms with Crippen molar-refractivity contribution in [2.24, 2.45) is 10.9 Å². The van der Waals surface area contributed by atoms with Crippen molar-refractivity contribution in [2.75, 3.05) is 44.7 Å². The molecule has 24 heavy (non-hydrogen) atoms. The summed E-state index contributed by atoms with van der Waals surface area (Å²) in [7, 11) is -1.26. The minimum absolute atomic E-state index is 0.102. The number of nitrogens with zero attached hydrogens (tertiary/aromatic N) is 2. The maximum absolute atomic E-state index is 11.6. The minimum atomic E-state index is -2.86. The molecule has 138 valence electrons. The SMILES string of the molecule is CCCNC(=NCC1CCS(=O)(=O)C1)N1CCC(NC(=O)NC)C1. The lowest BCUT2D eigenvalue weighted by Gasteiger charge is -2.22. The second-order valence-corrected chi connectivity index (χ2v) is 8.74. The summed E-state index contributed by atoms with van der Waals surface area (Å²) in [4.78, 5) is 18.2. The Morgan fingerprint density at radius 3 is 2.75 bits per heavy atom. The van der Waals surface area contributed by atoms with Gasteiger partial charge < -0.3 is 20.9 Å². The van der Waals surface area contributed by atoms with Crippen molar-refractivity contribution in [3.8, 4) is 0 Å². The fraction of sp³-hybridized carbons (Fsp3) is 0.867. The molecule has 0 aromatic carbocycles. The van der Waals surface area contributed by atoms with E-state index in [2.05, 4.69) is 32.8 Å². The number of amides is 2. The molecule has 2 atom stereocenters. The second-order valence-electron chi connectivity index (χ2n) is 6.52. The molecule has 2 fully saturated rings. The maximum Gasteiger partial charge on any atom is 0.314 e. The summed E-state index contributed by atoms with van der Waals surface area (Å²) in [6.07, 6.45) is 2.57. The Hall–Kier alpha value is -1.51. The van der Waals surface area contributed by atoms with Gasteiger partial charge in [-0.1, -0.05) is 6.92 Å². The molecule has 2 amide bonds. The molecule has 0 aromatic rings. The number of rotatable bonds is 5. The zero-order valence-electron chi connectivity index (χ0n) is 14.5. The number of carbonyl (C=O) groups excluding carboxylic acids is 1. The molecule has 2 rings (SSSR count). The Kier molecular flexibility index (Phi) is 6.70. The molecule has 0 aromatic heterocycles. The number of nitrogens with one attached hydrogen (secondary N) is 3. The van der Waals surface area contributed by atoms with Gasteiger partial charge in [-0.05, 0) is 25.2 Å². The van der Waals surface area contributed by atoms with Crippen LogP contribution < -0.4 is 16.0 Å². The average molecular weight is 359 g/mol. The average Bonchev–Trinajstić information content (AvgIpc) is 3.13. The molecule has 8 nitrogen and oxygen atoms in total. The molecule has 0 aliphatic carbocycles. The number of sulfone groups is 1. The van der Waals surface area contributed by atoms with Gasteiger partial charge in [0.05, 0.1) is 11.5 Å². The summed E-state index contributed by atoms with van der Waals surface area (Å²) in [6, 6.07) is -0.0662. The van der Waals surface area contributed by atoms with Crippen molar-refractivity contribution < 1.29 is 13.2 Å². The van der Waals surface area contributed by atoms with Crippen LogP contribution in [0.3, 0.4) is 0 Å². The zero-order chi connectivity index (χ0) is 17.6. The van der Waals surface area contributed by atoms with Gasteiger partial charge >= 0.3 is 6.03 Å². The molecule has 0 spiro atoms. The summed E-state index contributed by atoms with van der Waals surface area (Å²) in [5.41, 5.74) is 0. The van der Waals surface area contributed by atoms with E-state index in [1.807, 2.05) is 0 Å². The second kappa shape index (κ2) is 8.55. The Balaban J connectivity index is 1.93.